The number of hydrogen-bond acceptors (Lipinski definition) is 4. The second-order valence-electron chi connectivity index (χ2n) is 4.40. The van der Waals surface area contributed by atoms with Gasteiger partial charge in [-0.15, -0.1) is 11.6 Å². The van der Waals surface area contributed by atoms with Crippen LogP contribution in [-0.2, 0) is 0 Å². The number of ether oxygens (including phenoxy) is 1. The van der Waals surface area contributed by atoms with Crippen molar-refractivity contribution < 1.29 is 4.74 Å². The molecule has 2 heterocycles. The lowest BCUT2D eigenvalue weighted by Crippen LogP contribution is -2.36. The minimum absolute atomic E-state index is 0.253. The van der Waals surface area contributed by atoms with Gasteiger partial charge in [0.2, 0.25) is 11.8 Å². The van der Waals surface area contributed by atoms with Gasteiger partial charge in [0.1, 0.15) is 0 Å². The van der Waals surface area contributed by atoms with Crippen molar-refractivity contribution in [1.82, 2.24) is 9.97 Å². The highest BCUT2D eigenvalue weighted by Gasteiger charge is 2.24. The zero-order chi connectivity index (χ0) is 12.3. The summed E-state index contributed by atoms with van der Waals surface area (Å²) in [5.74, 6) is 1.98. The summed E-state index contributed by atoms with van der Waals surface area (Å²) in [6, 6.07) is 1.76. The van der Waals surface area contributed by atoms with E-state index in [0.717, 1.165) is 31.9 Å². The Morgan fingerprint density at radius 3 is 2.76 bits per heavy atom. The molecular weight excluding hydrogens is 238 g/mol. The van der Waals surface area contributed by atoms with Crippen molar-refractivity contribution >= 4 is 17.5 Å². The number of nitrogens with zero attached hydrogens (tertiary/aromatic N) is 3. The molecule has 0 spiro atoms. The molecule has 1 aliphatic rings. The first-order chi connectivity index (χ1) is 8.20. The highest BCUT2D eigenvalue weighted by Crippen LogP contribution is 2.26. The second-order valence-corrected chi connectivity index (χ2v) is 5.09. The molecule has 4 nitrogen and oxygen atoms in total. The van der Waals surface area contributed by atoms with Gasteiger partial charge >= 0.3 is 0 Å². The van der Waals surface area contributed by atoms with Gasteiger partial charge < -0.3 is 9.64 Å². The summed E-state index contributed by atoms with van der Waals surface area (Å²) in [7, 11) is 1.62. The molecule has 1 aromatic rings. The number of aromatic nitrogens is 2. The highest BCUT2D eigenvalue weighted by atomic mass is 35.5. The van der Waals surface area contributed by atoms with Crippen molar-refractivity contribution in [3.8, 4) is 5.88 Å². The fraction of sp³-hybridized carbons (Fsp3) is 0.667. The van der Waals surface area contributed by atoms with Gasteiger partial charge in [-0.3, -0.25) is 0 Å². The lowest BCUT2D eigenvalue weighted by Gasteiger charge is -2.33. The van der Waals surface area contributed by atoms with Crippen molar-refractivity contribution in [3.05, 3.63) is 12.3 Å². The lowest BCUT2D eigenvalue weighted by molar-refractivity contribution is 0.385. The summed E-state index contributed by atoms with van der Waals surface area (Å²) in [4.78, 5) is 10.8. The molecule has 0 radical (unpaired) electrons. The first-order valence-corrected chi connectivity index (χ1v) is 6.40. The van der Waals surface area contributed by atoms with Crippen molar-refractivity contribution in [3.63, 3.8) is 0 Å². The lowest BCUT2D eigenvalue weighted by atomic mass is 9.94. The summed E-state index contributed by atoms with van der Waals surface area (Å²) in [6.07, 6.45) is 3.94. The Labute approximate surface area is 107 Å². The predicted octanol–water partition coefficient (Wildman–Crippen LogP) is 2.33. The Kier molecular flexibility index (Phi) is 4.05. The van der Waals surface area contributed by atoms with E-state index in [9.17, 15) is 0 Å². The van der Waals surface area contributed by atoms with Gasteiger partial charge in [0.25, 0.3) is 0 Å². The average Bonchev–Trinajstić information content (AvgIpc) is 2.39. The van der Waals surface area contributed by atoms with Crippen LogP contribution < -0.4 is 9.64 Å². The highest BCUT2D eigenvalue weighted by molar-refractivity contribution is 6.20. The predicted molar refractivity (Wildman–Crippen MR) is 68.8 cm³/mol. The van der Waals surface area contributed by atoms with Gasteiger partial charge in [0.15, 0.2) is 0 Å². The molecule has 0 saturated carbocycles. The first-order valence-electron chi connectivity index (χ1n) is 5.96. The minimum Gasteiger partial charge on any atom is -0.481 e. The first kappa shape index (κ1) is 12.4. The molecule has 0 amide bonds. The maximum atomic E-state index is 6.13. The maximum absolute atomic E-state index is 6.13. The molecule has 0 aromatic carbocycles. The van der Waals surface area contributed by atoms with Crippen LogP contribution in [0.25, 0.3) is 0 Å². The molecule has 0 bridgehead atoms. The zero-order valence-electron chi connectivity index (χ0n) is 10.3. The Morgan fingerprint density at radius 2 is 2.18 bits per heavy atom. The Hall–Kier alpha value is -1.03. The van der Waals surface area contributed by atoms with E-state index in [-0.39, 0.29) is 5.38 Å². The van der Waals surface area contributed by atoms with Crippen molar-refractivity contribution in [1.29, 1.82) is 0 Å². The van der Waals surface area contributed by atoms with Gasteiger partial charge in [-0.25, -0.2) is 4.98 Å². The van der Waals surface area contributed by atoms with Crippen LogP contribution >= 0.6 is 11.6 Å². The molecule has 1 fully saturated rings. The van der Waals surface area contributed by atoms with E-state index in [2.05, 4.69) is 21.8 Å². The molecule has 0 aliphatic carbocycles. The van der Waals surface area contributed by atoms with E-state index in [4.69, 9.17) is 16.3 Å². The number of methoxy groups -OCH3 is 1. The van der Waals surface area contributed by atoms with Crippen molar-refractivity contribution in [2.24, 2.45) is 5.92 Å². The van der Waals surface area contributed by atoms with Gasteiger partial charge in [-0.1, -0.05) is 0 Å². The quantitative estimate of drug-likeness (QED) is 0.777. The van der Waals surface area contributed by atoms with Crippen LogP contribution in [0.4, 0.5) is 5.95 Å². The van der Waals surface area contributed by atoms with E-state index >= 15 is 0 Å². The standard InChI is InChI=1S/C12H18ClN3O/c1-9(13)10-4-7-16(8-5-10)12-14-6-3-11(15-12)17-2/h3,6,9-10H,4-5,7-8H2,1-2H3. The monoisotopic (exact) mass is 255 g/mol. The smallest absolute Gasteiger partial charge is 0.228 e. The van der Waals surface area contributed by atoms with E-state index in [1.807, 2.05) is 0 Å². The van der Waals surface area contributed by atoms with Gasteiger partial charge in [0.05, 0.1) is 7.11 Å². The van der Waals surface area contributed by atoms with Crippen LogP contribution in [-0.4, -0.2) is 35.5 Å². The third kappa shape index (κ3) is 3.00. The molecule has 1 atom stereocenters. The Bertz CT molecular complexity index is 365. The normalized spacial score (nSPS) is 19.1. The molecule has 1 saturated heterocycles. The fourth-order valence-electron chi connectivity index (χ4n) is 2.16. The number of halogens is 1. The molecule has 94 valence electrons. The Morgan fingerprint density at radius 1 is 1.47 bits per heavy atom. The fourth-order valence-corrected chi connectivity index (χ4v) is 2.41. The summed E-state index contributed by atoms with van der Waals surface area (Å²) in [5, 5.41) is 0.253. The van der Waals surface area contributed by atoms with Crippen LogP contribution in [0.3, 0.4) is 0 Å². The summed E-state index contributed by atoms with van der Waals surface area (Å²) >= 11 is 6.13. The zero-order valence-corrected chi connectivity index (χ0v) is 11.0. The summed E-state index contributed by atoms with van der Waals surface area (Å²) in [6.45, 7) is 4.01. The number of piperidine rings is 1. The van der Waals surface area contributed by atoms with Crippen LogP contribution in [0, 0.1) is 5.92 Å². The Balaban J connectivity index is 2.00. The minimum atomic E-state index is 0.253. The third-order valence-electron chi connectivity index (χ3n) is 3.30. The number of anilines is 1. The second kappa shape index (κ2) is 5.54. The average molecular weight is 256 g/mol. The molecule has 0 N–H and O–H groups in total. The SMILES string of the molecule is COc1ccnc(N2CCC(C(C)Cl)CC2)n1. The molecule has 5 heteroatoms. The van der Waals surface area contributed by atoms with Crippen LogP contribution in [0.5, 0.6) is 5.88 Å². The van der Waals surface area contributed by atoms with Gasteiger partial charge in [0, 0.05) is 30.7 Å². The third-order valence-corrected chi connectivity index (χ3v) is 3.65. The van der Waals surface area contributed by atoms with Crippen molar-refractivity contribution in [2.45, 2.75) is 25.1 Å². The molecule has 1 unspecified atom stereocenters. The van der Waals surface area contributed by atoms with Gasteiger partial charge in [-0.05, 0) is 25.7 Å². The summed E-state index contributed by atoms with van der Waals surface area (Å²) < 4.78 is 5.11. The van der Waals surface area contributed by atoms with Crippen LogP contribution in [0.15, 0.2) is 12.3 Å². The van der Waals surface area contributed by atoms with E-state index in [1.165, 1.54) is 0 Å². The summed E-state index contributed by atoms with van der Waals surface area (Å²) in [5.41, 5.74) is 0. The number of rotatable bonds is 3. The van der Waals surface area contributed by atoms with Crippen molar-refractivity contribution in [2.75, 3.05) is 25.1 Å². The number of hydrogen-bond donors (Lipinski definition) is 0. The molecule has 17 heavy (non-hydrogen) atoms. The van der Waals surface area contributed by atoms with Gasteiger partial charge in [-0.2, -0.15) is 4.98 Å². The van der Waals surface area contributed by atoms with Crippen LogP contribution in [0.1, 0.15) is 19.8 Å². The van der Waals surface area contributed by atoms with E-state index in [1.54, 1.807) is 19.4 Å². The van der Waals surface area contributed by atoms with E-state index < -0.39 is 0 Å². The number of alkyl halides is 1. The van der Waals surface area contributed by atoms with Crippen LogP contribution in [0.2, 0.25) is 0 Å². The molecular formula is C12H18ClN3O. The van der Waals surface area contributed by atoms with E-state index in [0.29, 0.717) is 11.8 Å². The molecule has 1 aliphatic heterocycles. The maximum Gasteiger partial charge on any atom is 0.228 e. The molecule has 2 rings (SSSR count). The topological polar surface area (TPSA) is 38.2 Å². The largest absolute Gasteiger partial charge is 0.481 e. The molecule has 1 aromatic heterocycles.